The summed E-state index contributed by atoms with van der Waals surface area (Å²) in [4.78, 5) is 10.1. The van der Waals surface area contributed by atoms with Crippen molar-refractivity contribution in [3.8, 4) is 0 Å². The Balaban J connectivity index is 3.25. The van der Waals surface area contributed by atoms with E-state index in [1.54, 1.807) is 0 Å². The maximum atomic E-state index is 12.4. The van der Waals surface area contributed by atoms with Crippen LogP contribution in [-0.2, 0) is 14.8 Å². The molecule has 0 fully saturated rings. The fourth-order valence-corrected chi connectivity index (χ4v) is 2.99. The second kappa shape index (κ2) is 7.34. The minimum absolute atomic E-state index is 0.116. The van der Waals surface area contributed by atoms with Crippen LogP contribution in [0.1, 0.15) is 6.92 Å². The van der Waals surface area contributed by atoms with Gasteiger partial charge in [-0.2, -0.15) is 4.31 Å². The van der Waals surface area contributed by atoms with Gasteiger partial charge in [-0.05, 0) is 19.1 Å². The lowest BCUT2D eigenvalue weighted by Gasteiger charge is -2.17. The minimum Gasteiger partial charge on any atom is -0.385 e. The van der Waals surface area contributed by atoms with Crippen LogP contribution >= 0.6 is 0 Å². The summed E-state index contributed by atoms with van der Waals surface area (Å²) in [7, 11) is -1.12. The number of ether oxygens (including phenoxy) is 1. The average molecular weight is 317 g/mol. The second-order valence-corrected chi connectivity index (χ2v) is 6.30. The molecule has 1 N–H and O–H groups in total. The number of nitro groups is 1. The first-order valence-electron chi connectivity index (χ1n) is 6.32. The van der Waals surface area contributed by atoms with Crippen LogP contribution in [0.3, 0.4) is 0 Å². The zero-order valence-electron chi connectivity index (χ0n) is 12.2. The van der Waals surface area contributed by atoms with Crippen LogP contribution in [0.5, 0.6) is 0 Å². The highest BCUT2D eigenvalue weighted by Gasteiger charge is 2.29. The molecule has 0 saturated heterocycles. The molecule has 118 valence electrons. The third-order valence-corrected chi connectivity index (χ3v) is 4.74. The summed E-state index contributed by atoms with van der Waals surface area (Å²) < 4.78 is 30.6. The average Bonchev–Trinajstić information content (AvgIpc) is 2.44. The molecule has 0 amide bonds. The number of sulfonamides is 1. The Kier molecular flexibility index (Phi) is 6.06. The van der Waals surface area contributed by atoms with Crippen molar-refractivity contribution in [2.45, 2.75) is 11.8 Å². The third kappa shape index (κ3) is 4.13. The van der Waals surface area contributed by atoms with Crippen LogP contribution in [-0.4, -0.2) is 51.5 Å². The van der Waals surface area contributed by atoms with Crippen molar-refractivity contribution in [2.24, 2.45) is 0 Å². The lowest BCUT2D eigenvalue weighted by Crippen LogP contribution is -2.30. The minimum atomic E-state index is -3.93. The first-order chi connectivity index (χ1) is 9.84. The molecule has 0 aliphatic rings. The zero-order valence-corrected chi connectivity index (χ0v) is 13.0. The highest BCUT2D eigenvalue weighted by Crippen LogP contribution is 2.29. The summed E-state index contributed by atoms with van der Waals surface area (Å²) >= 11 is 0. The van der Waals surface area contributed by atoms with Gasteiger partial charge in [0.1, 0.15) is 0 Å². The Morgan fingerprint density at radius 1 is 1.43 bits per heavy atom. The fourth-order valence-electron chi connectivity index (χ4n) is 1.70. The van der Waals surface area contributed by atoms with Gasteiger partial charge in [-0.1, -0.05) is 0 Å². The predicted molar refractivity (Wildman–Crippen MR) is 79.0 cm³/mol. The molecule has 0 spiro atoms. The van der Waals surface area contributed by atoms with Crippen molar-refractivity contribution < 1.29 is 18.1 Å². The summed E-state index contributed by atoms with van der Waals surface area (Å²) in [5, 5.41) is 14.0. The van der Waals surface area contributed by atoms with E-state index >= 15 is 0 Å². The summed E-state index contributed by atoms with van der Waals surface area (Å²) in [5.41, 5.74) is 0.0559. The fraction of sp³-hybridized carbons (Fsp3) is 0.500. The number of likely N-dealkylation sites (N-methyl/N-ethyl adjacent to an activating group) is 1. The van der Waals surface area contributed by atoms with Crippen molar-refractivity contribution in [1.82, 2.24) is 4.31 Å². The molecule has 0 atom stereocenters. The van der Waals surface area contributed by atoms with E-state index in [4.69, 9.17) is 4.74 Å². The molecule has 0 aliphatic heterocycles. The molecular weight excluding hydrogens is 298 g/mol. The van der Waals surface area contributed by atoms with Gasteiger partial charge < -0.3 is 10.1 Å². The molecule has 0 aliphatic carbocycles. The van der Waals surface area contributed by atoms with Gasteiger partial charge in [-0.15, -0.1) is 0 Å². The molecule has 21 heavy (non-hydrogen) atoms. The van der Waals surface area contributed by atoms with E-state index < -0.39 is 20.6 Å². The Hall–Kier alpha value is -1.71. The van der Waals surface area contributed by atoms with Gasteiger partial charge in [0.05, 0.1) is 11.5 Å². The topological polar surface area (TPSA) is 102 Å². The normalized spacial score (nSPS) is 11.6. The number of nitrogens with one attached hydrogen (secondary N) is 1. The van der Waals surface area contributed by atoms with Crippen LogP contribution in [0, 0.1) is 10.1 Å². The largest absolute Gasteiger partial charge is 0.385 e. The van der Waals surface area contributed by atoms with Gasteiger partial charge in [-0.25, -0.2) is 8.42 Å². The van der Waals surface area contributed by atoms with Gasteiger partial charge in [0, 0.05) is 39.0 Å². The Morgan fingerprint density at radius 2 is 2.10 bits per heavy atom. The van der Waals surface area contributed by atoms with E-state index in [0.717, 1.165) is 4.31 Å². The first kappa shape index (κ1) is 17.3. The van der Waals surface area contributed by atoms with Crippen LogP contribution in [0.25, 0.3) is 0 Å². The maximum absolute atomic E-state index is 12.4. The van der Waals surface area contributed by atoms with Gasteiger partial charge in [0.15, 0.2) is 4.90 Å². The molecule has 0 heterocycles. The highest BCUT2D eigenvalue weighted by atomic mass is 32.2. The molecule has 1 aromatic rings. The quantitative estimate of drug-likeness (QED) is 0.572. The lowest BCUT2D eigenvalue weighted by atomic mass is 10.3. The smallest absolute Gasteiger partial charge is 0.291 e. The molecule has 8 nitrogen and oxygen atoms in total. The Morgan fingerprint density at radius 3 is 2.62 bits per heavy atom. The summed E-state index contributed by atoms with van der Waals surface area (Å²) in [6.45, 7) is 2.75. The van der Waals surface area contributed by atoms with Crippen molar-refractivity contribution in [2.75, 3.05) is 39.2 Å². The first-order valence-corrected chi connectivity index (χ1v) is 7.76. The molecule has 0 aromatic heterocycles. The number of benzene rings is 1. The highest BCUT2D eigenvalue weighted by molar-refractivity contribution is 7.89. The number of nitrogens with zero attached hydrogens (tertiary/aromatic N) is 2. The number of anilines is 1. The van der Waals surface area contributed by atoms with Crippen LogP contribution in [0.4, 0.5) is 11.4 Å². The van der Waals surface area contributed by atoms with Gasteiger partial charge >= 0.3 is 0 Å². The molecule has 0 saturated carbocycles. The van der Waals surface area contributed by atoms with E-state index in [1.807, 2.05) is 6.92 Å². The molecule has 1 rings (SSSR count). The van der Waals surface area contributed by atoms with E-state index in [2.05, 4.69) is 5.32 Å². The van der Waals surface area contributed by atoms with Gasteiger partial charge in [0.25, 0.3) is 5.69 Å². The molecule has 0 bridgehead atoms. The molecule has 0 unspecified atom stereocenters. The number of rotatable bonds is 8. The summed E-state index contributed by atoms with van der Waals surface area (Å²) in [6, 6.07) is 3.98. The molecular formula is C12H19N3O5S. The van der Waals surface area contributed by atoms with Crippen LogP contribution in [0.2, 0.25) is 0 Å². The van der Waals surface area contributed by atoms with Crippen molar-refractivity contribution in [3.05, 3.63) is 28.3 Å². The van der Waals surface area contributed by atoms with Gasteiger partial charge in [-0.3, -0.25) is 10.1 Å². The summed E-state index contributed by atoms with van der Waals surface area (Å²) in [6.07, 6.45) is 0. The number of methoxy groups -OCH3 is 1. The van der Waals surface area contributed by atoms with E-state index in [-0.39, 0.29) is 18.0 Å². The number of nitro benzene ring substituents is 1. The van der Waals surface area contributed by atoms with E-state index in [1.165, 1.54) is 32.4 Å². The standard InChI is InChI=1S/C12H19N3O5S/c1-4-13-10-5-6-12(11(9-10)15(16)17)21(18,19)14(2)7-8-20-3/h5-6,9,13H,4,7-8H2,1-3H3. The van der Waals surface area contributed by atoms with Crippen molar-refractivity contribution in [3.63, 3.8) is 0 Å². The van der Waals surface area contributed by atoms with Crippen molar-refractivity contribution >= 4 is 21.4 Å². The Bertz CT molecular complexity index is 603. The van der Waals surface area contributed by atoms with Gasteiger partial charge in [0.2, 0.25) is 10.0 Å². The maximum Gasteiger partial charge on any atom is 0.291 e. The monoisotopic (exact) mass is 317 g/mol. The third-order valence-electron chi connectivity index (χ3n) is 2.84. The molecule has 9 heteroatoms. The predicted octanol–water partition coefficient (Wildman–Crippen LogP) is 1.29. The Labute approximate surface area is 123 Å². The zero-order chi connectivity index (χ0) is 16.0. The molecule has 0 radical (unpaired) electrons. The second-order valence-electron chi connectivity index (χ2n) is 4.29. The molecule has 1 aromatic carbocycles. The van der Waals surface area contributed by atoms with E-state index in [9.17, 15) is 18.5 Å². The van der Waals surface area contributed by atoms with E-state index in [0.29, 0.717) is 12.2 Å². The lowest BCUT2D eigenvalue weighted by molar-refractivity contribution is -0.387. The van der Waals surface area contributed by atoms with Crippen LogP contribution in [0.15, 0.2) is 23.1 Å². The van der Waals surface area contributed by atoms with Crippen LogP contribution < -0.4 is 5.32 Å². The number of hydrogen-bond acceptors (Lipinski definition) is 6. The number of hydrogen-bond donors (Lipinski definition) is 1. The SMILES string of the molecule is CCNc1ccc(S(=O)(=O)N(C)CCOC)c([N+](=O)[O-])c1. The summed E-state index contributed by atoms with van der Waals surface area (Å²) in [5.74, 6) is 0. The van der Waals surface area contributed by atoms with Crippen molar-refractivity contribution in [1.29, 1.82) is 0 Å².